The lowest BCUT2D eigenvalue weighted by Gasteiger charge is -2.20. The van der Waals surface area contributed by atoms with Crippen LogP contribution in [0.25, 0.3) is 6.08 Å². The first kappa shape index (κ1) is 14.3. The molecule has 0 saturated carbocycles. The van der Waals surface area contributed by atoms with Gasteiger partial charge in [0.1, 0.15) is 5.82 Å². The van der Waals surface area contributed by atoms with E-state index >= 15 is 0 Å². The van der Waals surface area contributed by atoms with Gasteiger partial charge in [-0.25, -0.2) is 8.78 Å². The highest BCUT2D eigenvalue weighted by atomic mass is 19.1. The molecule has 2 rings (SSSR count). The van der Waals surface area contributed by atoms with Crippen LogP contribution < -0.4 is 16.8 Å². The van der Waals surface area contributed by atoms with Gasteiger partial charge in [-0.05, 0) is 35.8 Å². The second-order valence-electron chi connectivity index (χ2n) is 4.56. The summed E-state index contributed by atoms with van der Waals surface area (Å²) in [5.41, 5.74) is 12.9. The van der Waals surface area contributed by atoms with Crippen molar-refractivity contribution in [3.05, 3.63) is 58.8 Å². The lowest BCUT2D eigenvalue weighted by Crippen LogP contribution is -2.37. The molecule has 0 fully saturated rings. The molecule has 0 spiro atoms. The number of rotatable bonds is 3. The highest BCUT2D eigenvalue weighted by Gasteiger charge is 2.11. The SMILES string of the molecule is CCC1=CC(C=Cc2c(F)ccc(N)c2F)=CNC1N. The maximum Gasteiger partial charge on any atom is 0.156 e. The van der Waals surface area contributed by atoms with Crippen LogP contribution in [-0.4, -0.2) is 6.17 Å². The monoisotopic (exact) mass is 277 g/mol. The van der Waals surface area contributed by atoms with Crippen LogP contribution in [0.4, 0.5) is 14.5 Å². The van der Waals surface area contributed by atoms with Gasteiger partial charge in [0.05, 0.1) is 11.9 Å². The summed E-state index contributed by atoms with van der Waals surface area (Å²) < 4.78 is 27.3. The molecule has 1 unspecified atom stereocenters. The summed E-state index contributed by atoms with van der Waals surface area (Å²) in [5, 5.41) is 2.99. The first-order valence-electron chi connectivity index (χ1n) is 6.36. The Morgan fingerprint density at radius 1 is 1.30 bits per heavy atom. The number of dihydropyridines is 1. The van der Waals surface area contributed by atoms with Gasteiger partial charge in [-0.15, -0.1) is 0 Å². The molecule has 106 valence electrons. The predicted molar refractivity (Wildman–Crippen MR) is 77.4 cm³/mol. The molecule has 0 aromatic heterocycles. The van der Waals surface area contributed by atoms with Crippen LogP contribution in [0.15, 0.2) is 41.6 Å². The molecule has 0 amide bonds. The van der Waals surface area contributed by atoms with Crippen molar-refractivity contribution < 1.29 is 8.78 Å². The maximum absolute atomic E-state index is 13.7. The molecule has 5 heteroatoms. The number of benzene rings is 1. The third kappa shape index (κ3) is 2.88. The van der Waals surface area contributed by atoms with E-state index in [1.165, 1.54) is 12.1 Å². The fraction of sp³-hybridized carbons (Fsp3) is 0.200. The molecule has 1 atom stereocenters. The Balaban J connectivity index is 2.27. The summed E-state index contributed by atoms with van der Waals surface area (Å²) >= 11 is 0. The fourth-order valence-corrected chi connectivity index (χ4v) is 1.98. The highest BCUT2D eigenvalue weighted by molar-refractivity contribution is 5.61. The van der Waals surface area contributed by atoms with Crippen LogP contribution in [0, 0.1) is 11.6 Å². The van der Waals surface area contributed by atoms with E-state index in [0.717, 1.165) is 23.6 Å². The zero-order chi connectivity index (χ0) is 14.7. The van der Waals surface area contributed by atoms with E-state index < -0.39 is 11.6 Å². The van der Waals surface area contributed by atoms with Crippen molar-refractivity contribution >= 4 is 11.8 Å². The van der Waals surface area contributed by atoms with Gasteiger partial charge in [-0.3, -0.25) is 0 Å². The van der Waals surface area contributed by atoms with Gasteiger partial charge >= 0.3 is 0 Å². The normalized spacial score (nSPS) is 18.7. The third-order valence-electron chi connectivity index (χ3n) is 3.19. The number of nitrogen functional groups attached to an aromatic ring is 1. The van der Waals surface area contributed by atoms with E-state index in [-0.39, 0.29) is 17.4 Å². The summed E-state index contributed by atoms with van der Waals surface area (Å²) in [6, 6.07) is 2.35. The minimum atomic E-state index is -0.748. The van der Waals surface area contributed by atoms with Crippen LogP contribution in [-0.2, 0) is 0 Å². The van der Waals surface area contributed by atoms with Crippen LogP contribution >= 0.6 is 0 Å². The number of hydrogen-bond acceptors (Lipinski definition) is 3. The number of nitrogens with two attached hydrogens (primary N) is 2. The van der Waals surface area contributed by atoms with E-state index in [1.807, 2.05) is 13.0 Å². The van der Waals surface area contributed by atoms with Crippen molar-refractivity contribution in [2.75, 3.05) is 5.73 Å². The Morgan fingerprint density at radius 3 is 2.75 bits per heavy atom. The Bertz CT molecular complexity index is 603. The third-order valence-corrected chi connectivity index (χ3v) is 3.19. The molecule has 20 heavy (non-hydrogen) atoms. The Hall–Kier alpha value is -2.14. The molecule has 0 saturated heterocycles. The summed E-state index contributed by atoms with van der Waals surface area (Å²) in [7, 11) is 0. The standard InChI is InChI=1S/C15H17F2N3/c1-2-10-7-9(8-20-15(10)19)3-4-11-12(16)5-6-13(18)14(11)17/h3-8,15,20H,2,18-19H2,1H3. The number of hydrogen-bond donors (Lipinski definition) is 3. The van der Waals surface area contributed by atoms with Gasteiger partial charge in [0, 0.05) is 11.8 Å². The van der Waals surface area contributed by atoms with Gasteiger partial charge in [-0.1, -0.05) is 19.1 Å². The zero-order valence-corrected chi connectivity index (χ0v) is 11.2. The predicted octanol–water partition coefficient (Wildman–Crippen LogP) is 2.67. The highest BCUT2D eigenvalue weighted by Crippen LogP contribution is 2.21. The zero-order valence-electron chi connectivity index (χ0n) is 11.2. The van der Waals surface area contributed by atoms with Crippen molar-refractivity contribution in [3.63, 3.8) is 0 Å². The lowest BCUT2D eigenvalue weighted by atomic mass is 10.0. The van der Waals surface area contributed by atoms with Gasteiger partial charge in [0.2, 0.25) is 0 Å². The Morgan fingerprint density at radius 2 is 2.05 bits per heavy atom. The number of allylic oxidation sites excluding steroid dienone is 3. The first-order valence-corrected chi connectivity index (χ1v) is 6.36. The minimum absolute atomic E-state index is 0.0754. The molecule has 0 bridgehead atoms. The second kappa shape index (κ2) is 5.88. The molecule has 1 aliphatic heterocycles. The van der Waals surface area contributed by atoms with Gasteiger partial charge in [0.25, 0.3) is 0 Å². The summed E-state index contributed by atoms with van der Waals surface area (Å²) in [6.07, 6.45) is 7.20. The van der Waals surface area contributed by atoms with Crippen molar-refractivity contribution in [2.45, 2.75) is 19.5 Å². The smallest absolute Gasteiger partial charge is 0.156 e. The molecule has 0 aliphatic carbocycles. The number of anilines is 1. The largest absolute Gasteiger partial charge is 0.396 e. The van der Waals surface area contributed by atoms with Crippen molar-refractivity contribution in [1.29, 1.82) is 0 Å². The molecule has 3 nitrogen and oxygen atoms in total. The molecule has 1 aromatic carbocycles. The topological polar surface area (TPSA) is 64.1 Å². The molecular weight excluding hydrogens is 260 g/mol. The van der Waals surface area contributed by atoms with Crippen molar-refractivity contribution in [2.24, 2.45) is 5.73 Å². The molecule has 0 radical (unpaired) electrons. The van der Waals surface area contributed by atoms with Crippen LogP contribution in [0.2, 0.25) is 0 Å². The van der Waals surface area contributed by atoms with E-state index in [4.69, 9.17) is 11.5 Å². The van der Waals surface area contributed by atoms with Crippen LogP contribution in [0.1, 0.15) is 18.9 Å². The van der Waals surface area contributed by atoms with Crippen LogP contribution in [0.3, 0.4) is 0 Å². The summed E-state index contributed by atoms with van der Waals surface area (Å²) in [4.78, 5) is 0. The lowest BCUT2D eigenvalue weighted by molar-refractivity contribution is 0.581. The van der Waals surface area contributed by atoms with Crippen LogP contribution in [0.5, 0.6) is 0 Å². The van der Waals surface area contributed by atoms with Gasteiger partial charge in [-0.2, -0.15) is 0 Å². The average molecular weight is 277 g/mol. The van der Waals surface area contributed by atoms with Crippen molar-refractivity contribution in [3.8, 4) is 0 Å². The number of nitrogens with one attached hydrogen (secondary N) is 1. The maximum atomic E-state index is 13.7. The van der Waals surface area contributed by atoms with Gasteiger partial charge < -0.3 is 16.8 Å². The van der Waals surface area contributed by atoms with E-state index in [0.29, 0.717) is 0 Å². The van der Waals surface area contributed by atoms with E-state index in [9.17, 15) is 8.78 Å². The summed E-state index contributed by atoms with van der Waals surface area (Å²) in [6.45, 7) is 2.00. The quantitative estimate of drug-likeness (QED) is 0.744. The van der Waals surface area contributed by atoms with E-state index in [2.05, 4.69) is 5.32 Å². The second-order valence-corrected chi connectivity index (χ2v) is 4.56. The van der Waals surface area contributed by atoms with Crippen molar-refractivity contribution in [1.82, 2.24) is 5.32 Å². The molecule has 1 aliphatic rings. The fourth-order valence-electron chi connectivity index (χ4n) is 1.98. The minimum Gasteiger partial charge on any atom is -0.396 e. The molecular formula is C15H17F2N3. The first-order chi connectivity index (χ1) is 9.52. The average Bonchev–Trinajstić information content (AvgIpc) is 2.44. The number of halogens is 2. The Kier molecular flexibility index (Phi) is 4.20. The summed E-state index contributed by atoms with van der Waals surface area (Å²) in [5.74, 6) is -1.39. The Labute approximate surface area is 116 Å². The van der Waals surface area contributed by atoms with E-state index in [1.54, 1.807) is 12.3 Å². The molecule has 5 N–H and O–H groups in total. The van der Waals surface area contributed by atoms with Gasteiger partial charge in [0.15, 0.2) is 5.82 Å². The molecule has 1 aromatic rings. The molecule has 1 heterocycles.